The third-order valence-corrected chi connectivity index (χ3v) is 3.20. The van der Waals surface area contributed by atoms with Crippen molar-refractivity contribution < 1.29 is 4.79 Å². The van der Waals surface area contributed by atoms with Gasteiger partial charge in [-0.3, -0.25) is 9.78 Å². The number of hydrogen-bond acceptors (Lipinski definition) is 4. The molecule has 0 saturated carbocycles. The van der Waals surface area contributed by atoms with E-state index in [9.17, 15) is 4.79 Å². The molecule has 1 aromatic rings. The van der Waals surface area contributed by atoms with Gasteiger partial charge in [0, 0.05) is 18.4 Å². The van der Waals surface area contributed by atoms with Gasteiger partial charge >= 0.3 is 0 Å². The molecule has 1 aromatic heterocycles. The smallest absolute Gasteiger partial charge is 0.271 e. The second-order valence-corrected chi connectivity index (χ2v) is 4.46. The first-order chi connectivity index (χ1) is 8.27. The fourth-order valence-electron chi connectivity index (χ4n) is 2.12. The Bertz CT molecular complexity index is 362. The van der Waals surface area contributed by atoms with Gasteiger partial charge in [-0.05, 0) is 38.8 Å². The van der Waals surface area contributed by atoms with E-state index < -0.39 is 0 Å². The molecule has 2 unspecified atom stereocenters. The predicted molar refractivity (Wildman–Crippen MR) is 64.6 cm³/mol. The summed E-state index contributed by atoms with van der Waals surface area (Å²) in [7, 11) is 0. The summed E-state index contributed by atoms with van der Waals surface area (Å²) in [5.41, 5.74) is 0.378. The van der Waals surface area contributed by atoms with Crippen molar-refractivity contribution in [3.05, 3.63) is 24.3 Å². The molecule has 5 heteroatoms. The normalized spacial score (nSPS) is 21.8. The summed E-state index contributed by atoms with van der Waals surface area (Å²) >= 11 is 0. The fourth-order valence-corrected chi connectivity index (χ4v) is 2.12. The van der Waals surface area contributed by atoms with Gasteiger partial charge in [0.05, 0.1) is 6.20 Å². The first kappa shape index (κ1) is 12.0. The molecule has 1 aliphatic rings. The molecule has 92 valence electrons. The van der Waals surface area contributed by atoms with E-state index in [1.807, 2.05) is 6.92 Å². The Morgan fingerprint density at radius 3 is 3.12 bits per heavy atom. The average molecular weight is 234 g/mol. The van der Waals surface area contributed by atoms with Crippen LogP contribution in [-0.4, -0.2) is 35.0 Å². The van der Waals surface area contributed by atoms with Crippen molar-refractivity contribution in [2.24, 2.45) is 5.92 Å². The van der Waals surface area contributed by atoms with Crippen LogP contribution in [0.15, 0.2) is 18.6 Å². The quantitative estimate of drug-likeness (QED) is 0.803. The van der Waals surface area contributed by atoms with E-state index in [-0.39, 0.29) is 11.9 Å². The van der Waals surface area contributed by atoms with Crippen LogP contribution in [0, 0.1) is 5.92 Å². The predicted octanol–water partition coefficient (Wildman–Crippen LogP) is 0.594. The molecule has 2 atom stereocenters. The van der Waals surface area contributed by atoms with Crippen LogP contribution in [0.2, 0.25) is 0 Å². The Balaban J connectivity index is 1.89. The van der Waals surface area contributed by atoms with Crippen molar-refractivity contribution in [3.63, 3.8) is 0 Å². The Hall–Kier alpha value is -1.49. The van der Waals surface area contributed by atoms with Crippen molar-refractivity contribution in [3.8, 4) is 0 Å². The lowest BCUT2D eigenvalue weighted by Gasteiger charge is -2.28. The highest BCUT2D eigenvalue weighted by molar-refractivity contribution is 5.92. The summed E-state index contributed by atoms with van der Waals surface area (Å²) in [4.78, 5) is 19.7. The minimum atomic E-state index is -0.142. The maximum Gasteiger partial charge on any atom is 0.271 e. The molecule has 0 aromatic carbocycles. The van der Waals surface area contributed by atoms with Crippen LogP contribution < -0.4 is 10.6 Å². The Kier molecular flexibility index (Phi) is 4.03. The standard InChI is InChI=1S/C12H18N4O/c1-9(10-3-2-4-13-7-10)16-12(17)11-8-14-5-6-15-11/h5-6,8-10,13H,2-4,7H2,1H3,(H,16,17). The fraction of sp³-hybridized carbons (Fsp3) is 0.583. The summed E-state index contributed by atoms with van der Waals surface area (Å²) in [5, 5.41) is 6.33. The number of nitrogens with zero attached hydrogens (tertiary/aromatic N) is 2. The maximum atomic E-state index is 11.9. The van der Waals surface area contributed by atoms with Crippen LogP contribution in [-0.2, 0) is 0 Å². The number of nitrogens with one attached hydrogen (secondary N) is 2. The highest BCUT2D eigenvalue weighted by Gasteiger charge is 2.21. The SMILES string of the molecule is CC(NC(=O)c1cnccn1)C1CCCNC1. The van der Waals surface area contributed by atoms with Gasteiger partial charge in [-0.25, -0.2) is 4.98 Å². The number of carbonyl (C=O) groups is 1. The third kappa shape index (κ3) is 3.23. The van der Waals surface area contributed by atoms with Crippen molar-refractivity contribution in [2.45, 2.75) is 25.8 Å². The number of rotatable bonds is 3. The molecule has 2 N–H and O–H groups in total. The highest BCUT2D eigenvalue weighted by Crippen LogP contribution is 2.14. The van der Waals surface area contributed by atoms with Crippen molar-refractivity contribution >= 4 is 5.91 Å². The van der Waals surface area contributed by atoms with Gasteiger partial charge in [0.2, 0.25) is 0 Å². The zero-order valence-electron chi connectivity index (χ0n) is 10.0. The first-order valence-electron chi connectivity index (χ1n) is 6.05. The summed E-state index contributed by atoms with van der Waals surface area (Å²) < 4.78 is 0. The minimum absolute atomic E-state index is 0.142. The second-order valence-electron chi connectivity index (χ2n) is 4.46. The largest absolute Gasteiger partial charge is 0.348 e. The molecule has 0 spiro atoms. The van der Waals surface area contributed by atoms with E-state index in [2.05, 4.69) is 20.6 Å². The van der Waals surface area contributed by atoms with Crippen LogP contribution in [0.25, 0.3) is 0 Å². The number of carbonyl (C=O) groups excluding carboxylic acids is 1. The molecule has 1 saturated heterocycles. The molecule has 1 aliphatic heterocycles. The monoisotopic (exact) mass is 234 g/mol. The molecule has 1 fully saturated rings. The molecule has 1 amide bonds. The molecular formula is C12H18N4O. The van der Waals surface area contributed by atoms with Gasteiger partial charge in [-0.1, -0.05) is 0 Å². The van der Waals surface area contributed by atoms with E-state index in [1.165, 1.54) is 18.8 Å². The Labute approximate surface area is 101 Å². The number of hydrogen-bond donors (Lipinski definition) is 2. The highest BCUT2D eigenvalue weighted by atomic mass is 16.1. The van der Waals surface area contributed by atoms with Gasteiger partial charge in [-0.2, -0.15) is 0 Å². The molecule has 0 radical (unpaired) electrons. The minimum Gasteiger partial charge on any atom is -0.348 e. The number of aromatic nitrogens is 2. The van der Waals surface area contributed by atoms with Crippen LogP contribution in [0.3, 0.4) is 0 Å². The summed E-state index contributed by atoms with van der Waals surface area (Å²) in [6.45, 7) is 4.11. The summed E-state index contributed by atoms with van der Waals surface area (Å²) in [6.07, 6.45) is 6.92. The number of piperidine rings is 1. The molecule has 17 heavy (non-hydrogen) atoms. The molecule has 2 heterocycles. The topological polar surface area (TPSA) is 66.9 Å². The van der Waals surface area contributed by atoms with E-state index >= 15 is 0 Å². The van der Waals surface area contributed by atoms with Crippen LogP contribution in [0.5, 0.6) is 0 Å². The van der Waals surface area contributed by atoms with Crippen molar-refractivity contribution in [1.82, 2.24) is 20.6 Å². The first-order valence-corrected chi connectivity index (χ1v) is 6.05. The molecule has 0 bridgehead atoms. The zero-order chi connectivity index (χ0) is 12.1. The van der Waals surface area contributed by atoms with E-state index in [1.54, 1.807) is 6.20 Å². The van der Waals surface area contributed by atoms with E-state index in [0.29, 0.717) is 11.6 Å². The lowest BCUT2D eigenvalue weighted by molar-refractivity contribution is 0.0916. The van der Waals surface area contributed by atoms with Gasteiger partial charge in [0.1, 0.15) is 5.69 Å². The second kappa shape index (κ2) is 5.72. The summed E-state index contributed by atoms with van der Waals surface area (Å²) in [5.74, 6) is 0.362. The van der Waals surface area contributed by atoms with E-state index in [4.69, 9.17) is 0 Å². The average Bonchev–Trinajstić information content (AvgIpc) is 2.40. The van der Waals surface area contributed by atoms with Gasteiger partial charge in [0.25, 0.3) is 5.91 Å². The van der Waals surface area contributed by atoms with Crippen LogP contribution >= 0.6 is 0 Å². The Morgan fingerprint density at radius 2 is 2.47 bits per heavy atom. The molecule has 0 aliphatic carbocycles. The van der Waals surface area contributed by atoms with Crippen molar-refractivity contribution in [1.29, 1.82) is 0 Å². The summed E-state index contributed by atoms with van der Waals surface area (Å²) in [6, 6.07) is 0.164. The van der Waals surface area contributed by atoms with Gasteiger partial charge in [-0.15, -0.1) is 0 Å². The van der Waals surface area contributed by atoms with Crippen molar-refractivity contribution in [2.75, 3.05) is 13.1 Å². The molecule has 2 rings (SSSR count). The van der Waals surface area contributed by atoms with Gasteiger partial charge < -0.3 is 10.6 Å². The molecular weight excluding hydrogens is 216 g/mol. The maximum absolute atomic E-state index is 11.9. The number of amides is 1. The van der Waals surface area contributed by atoms with Gasteiger partial charge in [0.15, 0.2) is 0 Å². The third-order valence-electron chi connectivity index (χ3n) is 3.20. The Morgan fingerprint density at radius 1 is 1.59 bits per heavy atom. The van der Waals surface area contributed by atoms with E-state index in [0.717, 1.165) is 19.5 Å². The molecule has 5 nitrogen and oxygen atoms in total. The lowest BCUT2D eigenvalue weighted by Crippen LogP contribution is -2.44. The van der Waals surface area contributed by atoms with Crippen LogP contribution in [0.1, 0.15) is 30.3 Å². The lowest BCUT2D eigenvalue weighted by atomic mass is 9.93. The van der Waals surface area contributed by atoms with Crippen LogP contribution in [0.4, 0.5) is 0 Å². The zero-order valence-corrected chi connectivity index (χ0v) is 10.0.